The lowest BCUT2D eigenvalue weighted by molar-refractivity contribution is -0.129. The molecule has 0 aliphatic carbocycles. The maximum atomic E-state index is 11.9. The highest BCUT2D eigenvalue weighted by atomic mass is 35.5. The molecule has 6 nitrogen and oxygen atoms in total. The molecule has 2 aromatic rings. The number of rotatable bonds is 4. The molecular weight excluding hydrogens is 398 g/mol. The van der Waals surface area contributed by atoms with Crippen LogP contribution in [-0.2, 0) is 16.2 Å². The summed E-state index contributed by atoms with van der Waals surface area (Å²) >= 11 is 7.70. The first kappa shape index (κ1) is 20.2. The molecule has 2 aromatic carbocycles. The number of nitrogens with zero attached hydrogens (tertiary/aromatic N) is 2. The summed E-state index contributed by atoms with van der Waals surface area (Å²) in [6.07, 6.45) is 0. The van der Waals surface area contributed by atoms with Crippen LogP contribution in [0.3, 0.4) is 0 Å². The van der Waals surface area contributed by atoms with E-state index < -0.39 is 5.37 Å². The molecule has 0 fully saturated rings. The van der Waals surface area contributed by atoms with Crippen LogP contribution in [0, 0.1) is 6.92 Å². The molecule has 0 bridgehead atoms. The van der Waals surface area contributed by atoms with Gasteiger partial charge in [-0.1, -0.05) is 53.7 Å². The maximum Gasteiger partial charge on any atom is 0.241 e. The monoisotopic (exact) mass is 417 g/mol. The minimum Gasteiger partial charge on any atom is -0.487 e. The van der Waals surface area contributed by atoms with Gasteiger partial charge in [0.2, 0.25) is 11.8 Å². The summed E-state index contributed by atoms with van der Waals surface area (Å²) in [5.41, 5.74) is 3.03. The lowest BCUT2D eigenvalue weighted by Crippen LogP contribution is -2.25. The van der Waals surface area contributed by atoms with E-state index >= 15 is 0 Å². The molecule has 0 aromatic heterocycles. The smallest absolute Gasteiger partial charge is 0.241 e. The van der Waals surface area contributed by atoms with Crippen molar-refractivity contribution in [1.82, 2.24) is 10.3 Å². The van der Waals surface area contributed by atoms with Crippen molar-refractivity contribution in [3.05, 3.63) is 64.2 Å². The molecule has 0 saturated heterocycles. The number of halogens is 1. The van der Waals surface area contributed by atoms with Crippen molar-refractivity contribution < 1.29 is 14.3 Å². The predicted molar refractivity (Wildman–Crippen MR) is 111 cm³/mol. The van der Waals surface area contributed by atoms with Crippen molar-refractivity contribution in [1.29, 1.82) is 0 Å². The van der Waals surface area contributed by atoms with E-state index in [-0.39, 0.29) is 11.8 Å². The van der Waals surface area contributed by atoms with Crippen LogP contribution in [0.2, 0.25) is 5.02 Å². The number of amides is 2. The number of hydrogen-bond donors (Lipinski definition) is 1. The number of hydrazone groups is 1. The van der Waals surface area contributed by atoms with E-state index in [1.165, 1.54) is 30.6 Å². The average molecular weight is 418 g/mol. The van der Waals surface area contributed by atoms with Crippen molar-refractivity contribution in [2.24, 2.45) is 5.10 Å². The summed E-state index contributed by atoms with van der Waals surface area (Å²) in [6, 6.07) is 13.4. The van der Waals surface area contributed by atoms with Gasteiger partial charge in [-0.15, -0.1) is 5.10 Å². The van der Waals surface area contributed by atoms with Crippen LogP contribution < -0.4 is 10.1 Å². The van der Waals surface area contributed by atoms with Crippen LogP contribution in [0.5, 0.6) is 5.75 Å². The van der Waals surface area contributed by atoms with Crippen LogP contribution in [0.25, 0.3) is 0 Å². The average Bonchev–Trinajstić information content (AvgIpc) is 3.05. The quantitative estimate of drug-likeness (QED) is 0.808. The van der Waals surface area contributed by atoms with Gasteiger partial charge in [0.25, 0.3) is 0 Å². The van der Waals surface area contributed by atoms with Crippen molar-refractivity contribution in [2.75, 3.05) is 0 Å². The third kappa shape index (κ3) is 4.66. The molecule has 1 aliphatic heterocycles. The van der Waals surface area contributed by atoms with Gasteiger partial charge in [0.05, 0.1) is 5.02 Å². The number of carbonyl (C=O) groups is 2. The number of aryl methyl sites for hydroxylation is 1. The van der Waals surface area contributed by atoms with Crippen LogP contribution in [0.15, 0.2) is 47.6 Å². The third-order valence-electron chi connectivity index (χ3n) is 4.14. The minimum absolute atomic E-state index is 0.228. The van der Waals surface area contributed by atoms with Crippen LogP contribution in [0.1, 0.15) is 35.9 Å². The molecule has 28 heavy (non-hydrogen) atoms. The van der Waals surface area contributed by atoms with E-state index in [4.69, 9.17) is 16.3 Å². The second kappa shape index (κ2) is 8.67. The summed E-state index contributed by atoms with van der Waals surface area (Å²) in [5, 5.41) is 8.55. The second-order valence-corrected chi connectivity index (χ2v) is 7.80. The first-order chi connectivity index (χ1) is 13.3. The summed E-state index contributed by atoms with van der Waals surface area (Å²) in [5.74, 6) is 0.0938. The highest BCUT2D eigenvalue weighted by molar-refractivity contribution is 8.14. The number of nitrogens with one attached hydrogen (secondary N) is 1. The van der Waals surface area contributed by atoms with Gasteiger partial charge in [0, 0.05) is 13.8 Å². The SMILES string of the molecule is CC(=O)NC1=NN(C(C)=O)[C@@H](c2ccc(OCc3ccccc3C)c(Cl)c2)S1. The van der Waals surface area contributed by atoms with Gasteiger partial charge in [0.15, 0.2) is 5.17 Å². The highest BCUT2D eigenvalue weighted by Gasteiger charge is 2.32. The van der Waals surface area contributed by atoms with E-state index in [1.807, 2.05) is 37.3 Å². The molecule has 0 unspecified atom stereocenters. The lowest BCUT2D eigenvalue weighted by Gasteiger charge is -2.20. The van der Waals surface area contributed by atoms with Gasteiger partial charge in [-0.25, -0.2) is 5.01 Å². The van der Waals surface area contributed by atoms with Crippen LogP contribution in [-0.4, -0.2) is 22.0 Å². The van der Waals surface area contributed by atoms with E-state index in [9.17, 15) is 9.59 Å². The molecule has 1 atom stereocenters. The minimum atomic E-state index is -0.401. The molecule has 1 heterocycles. The highest BCUT2D eigenvalue weighted by Crippen LogP contribution is 2.41. The van der Waals surface area contributed by atoms with Crippen molar-refractivity contribution in [2.45, 2.75) is 32.8 Å². The fourth-order valence-corrected chi connectivity index (χ4v) is 4.07. The van der Waals surface area contributed by atoms with Crippen molar-refractivity contribution in [3.63, 3.8) is 0 Å². The summed E-state index contributed by atoms with van der Waals surface area (Å²) in [6.45, 7) is 5.27. The number of thioether (sulfide) groups is 1. The molecule has 2 amide bonds. The Balaban J connectivity index is 1.75. The summed E-state index contributed by atoms with van der Waals surface area (Å²) < 4.78 is 5.86. The Bertz CT molecular complexity index is 948. The Hall–Kier alpha value is -2.51. The standard InChI is InChI=1S/C20H20ClN3O3S/c1-12-6-4-5-7-16(12)11-27-18-9-8-15(10-17(18)21)19-24(14(3)26)23-20(28-19)22-13(2)25/h4-10,19H,11H2,1-3H3,(H,22,23,25)/t19-/m1/s1. The second-order valence-electron chi connectivity index (χ2n) is 6.33. The molecule has 1 N–H and O–H groups in total. The van der Waals surface area contributed by atoms with Crippen molar-refractivity contribution in [3.8, 4) is 5.75 Å². The zero-order valence-electron chi connectivity index (χ0n) is 15.7. The Morgan fingerprint density at radius 2 is 2.00 bits per heavy atom. The number of benzene rings is 2. The van der Waals surface area contributed by atoms with E-state index in [2.05, 4.69) is 10.4 Å². The third-order valence-corrected chi connectivity index (χ3v) is 5.53. The first-order valence-electron chi connectivity index (χ1n) is 8.64. The predicted octanol–water partition coefficient (Wildman–Crippen LogP) is 4.23. The van der Waals surface area contributed by atoms with Gasteiger partial charge in [-0.3, -0.25) is 9.59 Å². The molecule has 0 saturated carbocycles. The summed E-state index contributed by atoms with van der Waals surface area (Å²) in [7, 11) is 0. The van der Waals surface area contributed by atoms with Crippen LogP contribution >= 0.6 is 23.4 Å². The molecule has 0 radical (unpaired) electrons. The molecule has 8 heteroatoms. The number of ether oxygens (including phenoxy) is 1. The van der Waals surface area contributed by atoms with Gasteiger partial charge in [-0.2, -0.15) is 0 Å². The molecule has 146 valence electrons. The number of carbonyl (C=O) groups excluding carboxylic acids is 2. The Kier molecular flexibility index (Phi) is 6.26. The van der Waals surface area contributed by atoms with E-state index in [1.54, 1.807) is 12.1 Å². The Morgan fingerprint density at radius 3 is 2.64 bits per heavy atom. The van der Waals surface area contributed by atoms with E-state index in [0.29, 0.717) is 22.5 Å². The molecule has 3 rings (SSSR count). The Labute approximate surface area is 172 Å². The normalized spacial score (nSPS) is 15.9. The maximum absolute atomic E-state index is 11.9. The van der Waals surface area contributed by atoms with Crippen LogP contribution in [0.4, 0.5) is 0 Å². The zero-order chi connectivity index (χ0) is 20.3. The topological polar surface area (TPSA) is 71.0 Å². The largest absolute Gasteiger partial charge is 0.487 e. The van der Waals surface area contributed by atoms with Gasteiger partial charge >= 0.3 is 0 Å². The fourth-order valence-electron chi connectivity index (χ4n) is 2.69. The molecule has 1 aliphatic rings. The number of amidine groups is 1. The van der Waals surface area contributed by atoms with Gasteiger partial charge in [0.1, 0.15) is 17.7 Å². The van der Waals surface area contributed by atoms with Gasteiger partial charge in [-0.05, 0) is 35.7 Å². The van der Waals surface area contributed by atoms with Crippen molar-refractivity contribution >= 4 is 40.3 Å². The molecule has 0 spiro atoms. The molecular formula is C20H20ClN3O3S. The summed E-state index contributed by atoms with van der Waals surface area (Å²) in [4.78, 5) is 23.2. The van der Waals surface area contributed by atoms with Gasteiger partial charge < -0.3 is 10.1 Å². The lowest BCUT2D eigenvalue weighted by atomic mass is 10.1. The first-order valence-corrected chi connectivity index (χ1v) is 9.90. The van der Waals surface area contributed by atoms with E-state index in [0.717, 1.165) is 16.7 Å². The zero-order valence-corrected chi connectivity index (χ0v) is 17.3. The fraction of sp³-hybridized carbons (Fsp3) is 0.250. The number of hydrogen-bond acceptors (Lipinski definition) is 5. The Morgan fingerprint density at radius 1 is 1.25 bits per heavy atom.